The van der Waals surface area contributed by atoms with Crippen LogP contribution in [0.3, 0.4) is 0 Å². The van der Waals surface area contributed by atoms with Crippen molar-refractivity contribution in [3.63, 3.8) is 0 Å². The Balaban J connectivity index is 2.72. The molecule has 1 aromatic rings. The summed E-state index contributed by atoms with van der Waals surface area (Å²) >= 11 is 0. The van der Waals surface area contributed by atoms with Crippen LogP contribution < -0.4 is 22.1 Å². The van der Waals surface area contributed by atoms with Gasteiger partial charge < -0.3 is 22.1 Å². The van der Waals surface area contributed by atoms with Gasteiger partial charge in [-0.15, -0.1) is 0 Å². The molecule has 2 amide bonds. The van der Waals surface area contributed by atoms with Gasteiger partial charge in [0.1, 0.15) is 17.5 Å². The Labute approximate surface area is 106 Å². The molecule has 0 unspecified atom stereocenters. The third kappa shape index (κ3) is 3.76. The average molecular weight is 252 g/mol. The molecule has 1 rings (SSSR count). The number of rotatable bonds is 5. The molecular weight excluding hydrogens is 232 g/mol. The van der Waals surface area contributed by atoms with E-state index < -0.39 is 6.03 Å². The van der Waals surface area contributed by atoms with Gasteiger partial charge in [-0.3, -0.25) is 0 Å². The lowest BCUT2D eigenvalue weighted by Crippen LogP contribution is -2.33. The minimum absolute atomic E-state index is 0.206. The maximum absolute atomic E-state index is 10.5. The van der Waals surface area contributed by atoms with Crippen LogP contribution in [0, 0.1) is 6.92 Å². The number of aromatic nitrogens is 2. The van der Waals surface area contributed by atoms with E-state index in [0.29, 0.717) is 30.5 Å². The molecule has 1 aromatic heterocycles. The van der Waals surface area contributed by atoms with Gasteiger partial charge in [0.15, 0.2) is 0 Å². The van der Waals surface area contributed by atoms with Crippen LogP contribution in [-0.2, 0) is 0 Å². The summed E-state index contributed by atoms with van der Waals surface area (Å²) in [6, 6.07) is -0.543. The molecule has 0 saturated carbocycles. The number of carbonyl (C=O) groups is 1. The highest BCUT2D eigenvalue weighted by atomic mass is 16.2. The third-order valence-corrected chi connectivity index (χ3v) is 2.43. The van der Waals surface area contributed by atoms with Crippen molar-refractivity contribution in [1.82, 2.24) is 15.3 Å². The average Bonchev–Trinajstić information content (AvgIpc) is 2.28. The maximum atomic E-state index is 10.5. The Hall–Kier alpha value is -2.05. The number of nitrogens with zero attached hydrogens (tertiary/aromatic N) is 2. The second-order valence-electron chi connectivity index (χ2n) is 4.31. The minimum Gasteiger partial charge on any atom is -0.383 e. The Morgan fingerprint density at radius 3 is 2.56 bits per heavy atom. The van der Waals surface area contributed by atoms with Crippen molar-refractivity contribution in [3.8, 4) is 0 Å². The molecule has 0 bridgehead atoms. The lowest BCUT2D eigenvalue weighted by molar-refractivity contribution is 0.249. The van der Waals surface area contributed by atoms with Crippen LogP contribution in [0.25, 0.3) is 0 Å². The first-order chi connectivity index (χ1) is 8.41. The number of nitrogen functional groups attached to an aromatic ring is 1. The molecule has 0 radical (unpaired) electrons. The first kappa shape index (κ1) is 14.0. The van der Waals surface area contributed by atoms with Gasteiger partial charge in [-0.25, -0.2) is 14.8 Å². The van der Waals surface area contributed by atoms with E-state index >= 15 is 0 Å². The predicted molar refractivity (Wildman–Crippen MR) is 71.3 cm³/mol. The molecule has 0 aromatic carbocycles. The van der Waals surface area contributed by atoms with Gasteiger partial charge in [0.25, 0.3) is 0 Å². The smallest absolute Gasteiger partial charge is 0.312 e. The number of hydrogen-bond acceptors (Lipinski definition) is 5. The van der Waals surface area contributed by atoms with E-state index in [9.17, 15) is 4.79 Å². The first-order valence-corrected chi connectivity index (χ1v) is 5.83. The molecule has 18 heavy (non-hydrogen) atoms. The monoisotopic (exact) mass is 252 g/mol. The molecule has 1 heterocycles. The van der Waals surface area contributed by atoms with Crippen molar-refractivity contribution in [2.24, 2.45) is 5.73 Å². The van der Waals surface area contributed by atoms with Crippen LogP contribution in [0.5, 0.6) is 0 Å². The molecule has 0 fully saturated rings. The van der Waals surface area contributed by atoms with Gasteiger partial charge in [0, 0.05) is 24.6 Å². The second-order valence-corrected chi connectivity index (χ2v) is 4.31. The lowest BCUT2D eigenvalue weighted by atomic mass is 10.2. The predicted octanol–water partition coefficient (Wildman–Crippen LogP) is 0.571. The fourth-order valence-electron chi connectivity index (χ4n) is 1.35. The Morgan fingerprint density at radius 1 is 1.33 bits per heavy atom. The normalized spacial score (nSPS) is 10.4. The molecule has 7 heteroatoms. The van der Waals surface area contributed by atoms with Gasteiger partial charge in [-0.2, -0.15) is 0 Å². The summed E-state index contributed by atoms with van der Waals surface area (Å²) in [5.74, 6) is 2.07. The molecule has 0 saturated heterocycles. The van der Waals surface area contributed by atoms with Crippen molar-refractivity contribution in [1.29, 1.82) is 0 Å². The minimum atomic E-state index is -0.543. The third-order valence-electron chi connectivity index (χ3n) is 2.43. The van der Waals surface area contributed by atoms with E-state index in [1.54, 1.807) is 0 Å². The summed E-state index contributed by atoms with van der Waals surface area (Å²) in [6.07, 6.45) is 0. The maximum Gasteiger partial charge on any atom is 0.312 e. The Morgan fingerprint density at radius 2 is 2.00 bits per heavy atom. The SMILES string of the molecule is Cc1c(N)nc(C(C)C)nc1NCCNC(N)=O. The number of primary amides is 1. The number of urea groups is 1. The van der Waals surface area contributed by atoms with Crippen LogP contribution in [0.1, 0.15) is 31.2 Å². The summed E-state index contributed by atoms with van der Waals surface area (Å²) in [7, 11) is 0. The second kappa shape index (κ2) is 6.04. The largest absolute Gasteiger partial charge is 0.383 e. The molecule has 0 atom stereocenters. The highest BCUT2D eigenvalue weighted by Crippen LogP contribution is 2.20. The van der Waals surface area contributed by atoms with E-state index in [4.69, 9.17) is 11.5 Å². The van der Waals surface area contributed by atoms with Crippen LogP contribution in [0.15, 0.2) is 0 Å². The molecule has 100 valence electrons. The fourth-order valence-corrected chi connectivity index (χ4v) is 1.35. The standard InChI is InChI=1S/C11H20N6O/c1-6(2)9-16-8(12)7(3)10(17-9)14-4-5-15-11(13)18/h6H,4-5H2,1-3H3,(H3,13,15,18)(H3,12,14,16,17). The molecule has 7 nitrogen and oxygen atoms in total. The van der Waals surface area contributed by atoms with E-state index in [1.807, 2.05) is 20.8 Å². The Bertz CT molecular complexity index is 432. The topological polar surface area (TPSA) is 119 Å². The van der Waals surface area contributed by atoms with E-state index in [1.165, 1.54) is 0 Å². The summed E-state index contributed by atoms with van der Waals surface area (Å²) < 4.78 is 0. The van der Waals surface area contributed by atoms with Gasteiger partial charge in [-0.1, -0.05) is 13.8 Å². The number of nitrogens with two attached hydrogens (primary N) is 2. The zero-order chi connectivity index (χ0) is 13.7. The summed E-state index contributed by atoms with van der Waals surface area (Å²) in [4.78, 5) is 19.1. The van der Waals surface area contributed by atoms with Gasteiger partial charge >= 0.3 is 6.03 Å². The van der Waals surface area contributed by atoms with Crippen LogP contribution in [0.2, 0.25) is 0 Å². The highest BCUT2D eigenvalue weighted by molar-refractivity contribution is 5.71. The number of carbonyl (C=O) groups excluding carboxylic acids is 1. The number of amides is 2. The summed E-state index contributed by atoms with van der Waals surface area (Å²) in [5, 5.41) is 5.59. The van der Waals surface area contributed by atoms with Crippen molar-refractivity contribution in [3.05, 3.63) is 11.4 Å². The van der Waals surface area contributed by atoms with Gasteiger partial charge in [0.05, 0.1) is 0 Å². The van der Waals surface area contributed by atoms with E-state index in [-0.39, 0.29) is 5.92 Å². The summed E-state index contributed by atoms with van der Waals surface area (Å²) in [5.41, 5.74) is 11.6. The zero-order valence-electron chi connectivity index (χ0n) is 10.9. The molecule has 0 aliphatic carbocycles. The quantitative estimate of drug-likeness (QED) is 0.571. The summed E-state index contributed by atoms with van der Waals surface area (Å²) in [6.45, 7) is 6.81. The lowest BCUT2D eigenvalue weighted by Gasteiger charge is -2.13. The van der Waals surface area contributed by atoms with Gasteiger partial charge in [0.2, 0.25) is 0 Å². The number of nitrogens with one attached hydrogen (secondary N) is 2. The zero-order valence-corrected chi connectivity index (χ0v) is 10.9. The number of anilines is 2. The van der Waals surface area contributed by atoms with E-state index in [2.05, 4.69) is 20.6 Å². The van der Waals surface area contributed by atoms with Crippen molar-refractivity contribution >= 4 is 17.7 Å². The molecule has 6 N–H and O–H groups in total. The van der Waals surface area contributed by atoms with Crippen LogP contribution in [0.4, 0.5) is 16.4 Å². The molecule has 0 aliphatic heterocycles. The van der Waals surface area contributed by atoms with Crippen molar-refractivity contribution < 1.29 is 4.79 Å². The van der Waals surface area contributed by atoms with Crippen molar-refractivity contribution in [2.45, 2.75) is 26.7 Å². The number of hydrogen-bond donors (Lipinski definition) is 4. The molecule has 0 aliphatic rings. The van der Waals surface area contributed by atoms with Crippen LogP contribution >= 0.6 is 0 Å². The van der Waals surface area contributed by atoms with E-state index in [0.717, 1.165) is 5.56 Å². The van der Waals surface area contributed by atoms with Crippen LogP contribution in [-0.4, -0.2) is 29.1 Å². The van der Waals surface area contributed by atoms with Gasteiger partial charge in [-0.05, 0) is 6.92 Å². The Kier molecular flexibility index (Phi) is 4.70. The fraction of sp³-hybridized carbons (Fsp3) is 0.545. The highest BCUT2D eigenvalue weighted by Gasteiger charge is 2.10. The van der Waals surface area contributed by atoms with Crippen molar-refractivity contribution in [2.75, 3.05) is 24.1 Å². The molecular formula is C11H20N6O. The first-order valence-electron chi connectivity index (χ1n) is 5.83. The molecule has 0 spiro atoms.